The van der Waals surface area contributed by atoms with Crippen LogP contribution in [-0.2, 0) is 6.54 Å². The van der Waals surface area contributed by atoms with E-state index in [1.165, 1.54) is 12.5 Å². The molecule has 2 nitrogen and oxygen atoms in total. The Morgan fingerprint density at radius 1 is 1.35 bits per heavy atom. The lowest BCUT2D eigenvalue weighted by Gasteiger charge is -2.39. The highest BCUT2D eigenvalue weighted by Crippen LogP contribution is 2.32. The molecule has 1 fully saturated rings. The molecule has 2 atom stereocenters. The molecule has 0 aliphatic carbocycles. The SMILES string of the molecule is CC1CCC(C)N(c2c(F)cccc2CN)C1. The Morgan fingerprint density at radius 3 is 2.82 bits per heavy atom. The molecule has 1 aliphatic heterocycles. The molecule has 2 unspecified atom stereocenters. The summed E-state index contributed by atoms with van der Waals surface area (Å²) in [7, 11) is 0. The summed E-state index contributed by atoms with van der Waals surface area (Å²) in [6.07, 6.45) is 2.35. The number of hydrogen-bond donors (Lipinski definition) is 1. The molecule has 1 aliphatic rings. The molecule has 0 amide bonds. The molecule has 1 aromatic carbocycles. The third-order valence-electron chi connectivity index (χ3n) is 3.70. The van der Waals surface area contributed by atoms with Gasteiger partial charge >= 0.3 is 0 Å². The number of para-hydroxylation sites is 1. The molecule has 1 aromatic rings. The summed E-state index contributed by atoms with van der Waals surface area (Å²) in [5.74, 6) is 0.477. The molecule has 2 N–H and O–H groups in total. The zero-order valence-electron chi connectivity index (χ0n) is 10.6. The second-order valence-corrected chi connectivity index (χ2v) is 5.14. The van der Waals surface area contributed by atoms with Crippen LogP contribution in [0.4, 0.5) is 10.1 Å². The second-order valence-electron chi connectivity index (χ2n) is 5.14. The molecular weight excluding hydrogens is 215 g/mol. The zero-order valence-corrected chi connectivity index (χ0v) is 10.6. The van der Waals surface area contributed by atoms with Gasteiger partial charge < -0.3 is 10.6 Å². The van der Waals surface area contributed by atoms with Crippen molar-refractivity contribution in [2.75, 3.05) is 11.4 Å². The zero-order chi connectivity index (χ0) is 12.4. The van der Waals surface area contributed by atoms with Crippen LogP contribution >= 0.6 is 0 Å². The van der Waals surface area contributed by atoms with E-state index in [0.717, 1.165) is 18.5 Å². The van der Waals surface area contributed by atoms with E-state index in [9.17, 15) is 4.39 Å². The summed E-state index contributed by atoms with van der Waals surface area (Å²) in [6.45, 7) is 5.71. The summed E-state index contributed by atoms with van der Waals surface area (Å²) in [4.78, 5) is 2.19. The molecule has 3 heteroatoms. The van der Waals surface area contributed by atoms with Gasteiger partial charge in [0, 0.05) is 19.1 Å². The number of rotatable bonds is 2. The molecule has 94 valence electrons. The number of halogens is 1. The first kappa shape index (κ1) is 12.4. The normalized spacial score (nSPS) is 25.1. The van der Waals surface area contributed by atoms with E-state index in [2.05, 4.69) is 18.7 Å². The molecule has 1 saturated heterocycles. The Hall–Kier alpha value is -1.09. The third kappa shape index (κ3) is 2.44. The van der Waals surface area contributed by atoms with Crippen molar-refractivity contribution in [3.63, 3.8) is 0 Å². The number of hydrogen-bond acceptors (Lipinski definition) is 2. The molecular formula is C14H21FN2. The van der Waals surface area contributed by atoms with Crippen molar-refractivity contribution in [2.45, 2.75) is 39.3 Å². The predicted molar refractivity (Wildman–Crippen MR) is 69.5 cm³/mol. The summed E-state index contributed by atoms with van der Waals surface area (Å²) >= 11 is 0. The summed E-state index contributed by atoms with van der Waals surface area (Å²) in [5.41, 5.74) is 7.34. The first-order valence-corrected chi connectivity index (χ1v) is 6.37. The Labute approximate surface area is 103 Å². The highest BCUT2D eigenvalue weighted by molar-refractivity contribution is 5.56. The molecule has 0 bridgehead atoms. The molecule has 1 heterocycles. The van der Waals surface area contributed by atoms with Crippen LogP contribution in [0.2, 0.25) is 0 Å². The Bertz CT molecular complexity index is 392. The standard InChI is InChI=1S/C14H21FN2/c1-10-6-7-11(2)17(9-10)14-12(8-16)4-3-5-13(14)15/h3-5,10-11H,6-9,16H2,1-2H3. The maximum atomic E-state index is 14.0. The van der Waals surface area contributed by atoms with Crippen molar-refractivity contribution in [1.29, 1.82) is 0 Å². The van der Waals surface area contributed by atoms with Gasteiger partial charge in [-0.2, -0.15) is 0 Å². The minimum Gasteiger partial charge on any atom is -0.366 e. The smallest absolute Gasteiger partial charge is 0.146 e. The lowest BCUT2D eigenvalue weighted by atomic mass is 9.93. The first-order valence-electron chi connectivity index (χ1n) is 6.37. The van der Waals surface area contributed by atoms with Crippen LogP contribution < -0.4 is 10.6 Å². The van der Waals surface area contributed by atoms with E-state index in [1.54, 1.807) is 6.07 Å². The van der Waals surface area contributed by atoms with Crippen molar-refractivity contribution in [3.8, 4) is 0 Å². The minimum atomic E-state index is -0.145. The van der Waals surface area contributed by atoms with Crippen LogP contribution in [0, 0.1) is 11.7 Å². The Morgan fingerprint density at radius 2 is 2.12 bits per heavy atom. The van der Waals surface area contributed by atoms with Crippen molar-refractivity contribution in [2.24, 2.45) is 11.7 Å². The van der Waals surface area contributed by atoms with Gasteiger partial charge in [0.05, 0.1) is 5.69 Å². The maximum Gasteiger partial charge on any atom is 0.146 e. The molecule has 0 aromatic heterocycles. The maximum absolute atomic E-state index is 14.0. The highest BCUT2D eigenvalue weighted by atomic mass is 19.1. The summed E-state index contributed by atoms with van der Waals surface area (Å²) < 4.78 is 14.0. The molecule has 2 rings (SSSR count). The Kier molecular flexibility index (Phi) is 3.67. The van der Waals surface area contributed by atoms with E-state index < -0.39 is 0 Å². The molecule has 0 saturated carbocycles. The van der Waals surface area contributed by atoms with Crippen LogP contribution in [0.5, 0.6) is 0 Å². The van der Waals surface area contributed by atoms with Gasteiger partial charge in [-0.05, 0) is 37.3 Å². The fourth-order valence-electron chi connectivity index (χ4n) is 2.65. The third-order valence-corrected chi connectivity index (χ3v) is 3.70. The quantitative estimate of drug-likeness (QED) is 0.855. The number of piperidine rings is 1. The van der Waals surface area contributed by atoms with E-state index in [1.807, 2.05) is 6.07 Å². The molecule has 0 radical (unpaired) electrons. The van der Waals surface area contributed by atoms with Crippen molar-refractivity contribution >= 4 is 5.69 Å². The summed E-state index contributed by atoms with van der Waals surface area (Å²) in [6, 6.07) is 5.58. The van der Waals surface area contributed by atoms with Crippen LogP contribution in [0.1, 0.15) is 32.3 Å². The van der Waals surface area contributed by atoms with Crippen LogP contribution in [0.15, 0.2) is 18.2 Å². The van der Waals surface area contributed by atoms with E-state index in [0.29, 0.717) is 24.2 Å². The predicted octanol–water partition coefficient (Wildman–Crippen LogP) is 2.91. The molecule has 0 spiro atoms. The largest absolute Gasteiger partial charge is 0.366 e. The van der Waals surface area contributed by atoms with Crippen LogP contribution in [0.3, 0.4) is 0 Å². The highest BCUT2D eigenvalue weighted by Gasteiger charge is 2.26. The molecule has 17 heavy (non-hydrogen) atoms. The van der Waals surface area contributed by atoms with Crippen LogP contribution in [-0.4, -0.2) is 12.6 Å². The number of nitrogens with two attached hydrogens (primary N) is 1. The number of benzene rings is 1. The van der Waals surface area contributed by atoms with Gasteiger partial charge in [0.15, 0.2) is 0 Å². The van der Waals surface area contributed by atoms with Crippen molar-refractivity contribution in [3.05, 3.63) is 29.6 Å². The monoisotopic (exact) mass is 236 g/mol. The lowest BCUT2D eigenvalue weighted by molar-refractivity contribution is 0.386. The van der Waals surface area contributed by atoms with Crippen molar-refractivity contribution < 1.29 is 4.39 Å². The average Bonchev–Trinajstić information content (AvgIpc) is 2.32. The van der Waals surface area contributed by atoms with Crippen molar-refractivity contribution in [1.82, 2.24) is 0 Å². The van der Waals surface area contributed by atoms with Gasteiger partial charge in [-0.25, -0.2) is 4.39 Å². The first-order chi connectivity index (χ1) is 8.13. The van der Waals surface area contributed by atoms with Gasteiger partial charge in [0.25, 0.3) is 0 Å². The average molecular weight is 236 g/mol. The fraction of sp³-hybridized carbons (Fsp3) is 0.571. The van der Waals surface area contributed by atoms with E-state index >= 15 is 0 Å². The number of nitrogens with zero attached hydrogens (tertiary/aromatic N) is 1. The van der Waals surface area contributed by atoms with Gasteiger partial charge in [-0.3, -0.25) is 0 Å². The second kappa shape index (κ2) is 5.05. The minimum absolute atomic E-state index is 0.145. The fourth-order valence-corrected chi connectivity index (χ4v) is 2.65. The van der Waals surface area contributed by atoms with Gasteiger partial charge in [0.2, 0.25) is 0 Å². The van der Waals surface area contributed by atoms with E-state index in [-0.39, 0.29) is 5.82 Å². The Balaban J connectivity index is 2.37. The van der Waals surface area contributed by atoms with Crippen LogP contribution in [0.25, 0.3) is 0 Å². The topological polar surface area (TPSA) is 29.3 Å². The van der Waals surface area contributed by atoms with E-state index in [4.69, 9.17) is 5.73 Å². The summed E-state index contributed by atoms with van der Waals surface area (Å²) in [5, 5.41) is 0. The number of anilines is 1. The lowest BCUT2D eigenvalue weighted by Crippen LogP contribution is -2.42. The van der Waals surface area contributed by atoms with Gasteiger partial charge in [-0.15, -0.1) is 0 Å². The van der Waals surface area contributed by atoms with Gasteiger partial charge in [-0.1, -0.05) is 19.1 Å². The van der Waals surface area contributed by atoms with Gasteiger partial charge in [0.1, 0.15) is 5.82 Å².